The molecule has 7 nitrogen and oxygen atoms in total. The van der Waals surface area contributed by atoms with E-state index in [1.807, 2.05) is 6.92 Å². The second kappa shape index (κ2) is 8.12. The molecule has 1 N–H and O–H groups in total. The molecule has 1 aliphatic rings. The Morgan fingerprint density at radius 3 is 2.64 bits per heavy atom. The minimum atomic E-state index is -0.660. The first-order valence-corrected chi connectivity index (χ1v) is 8.91. The van der Waals surface area contributed by atoms with Gasteiger partial charge < -0.3 is 19.2 Å². The number of hydrogen-bond acceptors (Lipinski definition) is 6. The molecule has 1 aromatic carbocycles. The summed E-state index contributed by atoms with van der Waals surface area (Å²) in [7, 11) is 0. The number of pyridine rings is 1. The number of carbonyl (C=O) groups is 2. The quantitative estimate of drug-likeness (QED) is 0.609. The number of nitrogens with one attached hydrogen (secondary N) is 1. The third-order valence-electron chi connectivity index (χ3n) is 4.28. The Morgan fingerprint density at radius 1 is 1.29 bits per heavy atom. The second-order valence-electron chi connectivity index (χ2n) is 6.54. The standard InChI is InChI=1S/C21H21NO6/c1-4-26-21(25)16-10-22-20(24)18-15(9-17(23)28-19(16)18)13-5-7-14(8-6-13)27-11-12(2)3/h5-8,10,15H,2,4,9,11H2,1,3H3,(H,22,24)/t15-/m0/s1. The third-order valence-corrected chi connectivity index (χ3v) is 4.28. The van der Waals surface area contributed by atoms with Crippen LogP contribution in [0.1, 0.15) is 47.7 Å². The van der Waals surface area contributed by atoms with E-state index in [4.69, 9.17) is 14.2 Å². The van der Waals surface area contributed by atoms with Crippen molar-refractivity contribution in [1.82, 2.24) is 4.98 Å². The minimum Gasteiger partial charge on any atom is -0.489 e. The Balaban J connectivity index is 2.00. The van der Waals surface area contributed by atoms with Crippen LogP contribution in [0.25, 0.3) is 0 Å². The lowest BCUT2D eigenvalue weighted by Crippen LogP contribution is -2.30. The number of aromatic amines is 1. The summed E-state index contributed by atoms with van der Waals surface area (Å²) in [4.78, 5) is 39.4. The van der Waals surface area contributed by atoms with E-state index in [0.717, 1.165) is 11.1 Å². The number of rotatable bonds is 6. The molecule has 146 valence electrons. The predicted octanol–water partition coefficient (Wildman–Crippen LogP) is 2.95. The molecule has 0 amide bonds. The molecule has 1 aromatic heterocycles. The Kier molecular flexibility index (Phi) is 5.63. The summed E-state index contributed by atoms with van der Waals surface area (Å²) in [5.41, 5.74) is 1.48. The lowest BCUT2D eigenvalue weighted by molar-refractivity contribution is -0.135. The first-order chi connectivity index (χ1) is 13.4. The molecule has 0 saturated carbocycles. The summed E-state index contributed by atoms with van der Waals surface area (Å²) in [6.07, 6.45) is 1.21. The van der Waals surface area contributed by atoms with Crippen molar-refractivity contribution in [2.75, 3.05) is 13.2 Å². The summed E-state index contributed by atoms with van der Waals surface area (Å²) in [6.45, 7) is 7.89. The number of hydrogen-bond donors (Lipinski definition) is 1. The van der Waals surface area contributed by atoms with Gasteiger partial charge in [-0.1, -0.05) is 18.7 Å². The highest BCUT2D eigenvalue weighted by atomic mass is 16.5. The largest absolute Gasteiger partial charge is 0.489 e. The van der Waals surface area contributed by atoms with Crippen LogP contribution in [-0.4, -0.2) is 30.1 Å². The van der Waals surface area contributed by atoms with E-state index in [9.17, 15) is 14.4 Å². The fourth-order valence-corrected chi connectivity index (χ4v) is 3.03. The molecule has 0 bridgehead atoms. The first-order valence-electron chi connectivity index (χ1n) is 8.91. The highest BCUT2D eigenvalue weighted by Crippen LogP contribution is 2.38. The number of esters is 2. The van der Waals surface area contributed by atoms with Gasteiger partial charge in [-0.25, -0.2) is 4.79 Å². The van der Waals surface area contributed by atoms with Crippen molar-refractivity contribution in [3.8, 4) is 11.5 Å². The van der Waals surface area contributed by atoms with Crippen LogP contribution in [0.15, 0.2) is 47.4 Å². The summed E-state index contributed by atoms with van der Waals surface area (Å²) in [6, 6.07) is 7.11. The summed E-state index contributed by atoms with van der Waals surface area (Å²) in [5, 5.41) is 0. The van der Waals surface area contributed by atoms with Crippen molar-refractivity contribution in [2.24, 2.45) is 0 Å². The van der Waals surface area contributed by atoms with Gasteiger partial charge in [-0.05, 0) is 37.1 Å². The van der Waals surface area contributed by atoms with Gasteiger partial charge in [0, 0.05) is 12.1 Å². The molecule has 7 heteroatoms. The van der Waals surface area contributed by atoms with Crippen LogP contribution in [0.5, 0.6) is 11.5 Å². The maximum absolute atomic E-state index is 12.5. The van der Waals surface area contributed by atoms with E-state index in [-0.39, 0.29) is 29.9 Å². The fraction of sp³-hybridized carbons (Fsp3) is 0.286. The number of aromatic nitrogens is 1. The SMILES string of the molecule is C=C(C)COc1ccc([C@@H]2CC(=O)Oc3c(C(=O)OCC)c[nH]c(=O)c32)cc1. The van der Waals surface area contributed by atoms with Crippen molar-refractivity contribution in [2.45, 2.75) is 26.2 Å². The number of ether oxygens (including phenoxy) is 3. The van der Waals surface area contributed by atoms with E-state index in [1.165, 1.54) is 6.20 Å². The normalized spacial score (nSPS) is 15.4. The average Bonchev–Trinajstić information content (AvgIpc) is 2.66. The highest BCUT2D eigenvalue weighted by molar-refractivity contribution is 5.94. The zero-order chi connectivity index (χ0) is 20.3. The summed E-state index contributed by atoms with van der Waals surface area (Å²) in [5.74, 6) is -1.10. The molecule has 0 unspecified atom stereocenters. The minimum absolute atomic E-state index is 0.00563. The highest BCUT2D eigenvalue weighted by Gasteiger charge is 2.34. The zero-order valence-corrected chi connectivity index (χ0v) is 15.7. The zero-order valence-electron chi connectivity index (χ0n) is 15.7. The summed E-state index contributed by atoms with van der Waals surface area (Å²) < 4.78 is 15.8. The van der Waals surface area contributed by atoms with E-state index < -0.39 is 23.4 Å². The molecule has 28 heavy (non-hydrogen) atoms. The lowest BCUT2D eigenvalue weighted by atomic mass is 9.86. The van der Waals surface area contributed by atoms with E-state index in [2.05, 4.69) is 11.6 Å². The van der Waals surface area contributed by atoms with Crippen molar-refractivity contribution in [3.63, 3.8) is 0 Å². The van der Waals surface area contributed by atoms with E-state index in [0.29, 0.717) is 12.4 Å². The molecule has 0 fully saturated rings. The molecule has 2 aromatic rings. The summed E-state index contributed by atoms with van der Waals surface area (Å²) >= 11 is 0. The van der Waals surface area contributed by atoms with Crippen molar-refractivity contribution in [1.29, 1.82) is 0 Å². The van der Waals surface area contributed by atoms with Gasteiger partial charge in [0.1, 0.15) is 17.9 Å². The maximum atomic E-state index is 12.5. The number of carbonyl (C=O) groups excluding carboxylic acids is 2. The predicted molar refractivity (Wildman–Crippen MR) is 102 cm³/mol. The van der Waals surface area contributed by atoms with Crippen LogP contribution in [0.3, 0.4) is 0 Å². The Labute approximate surface area is 161 Å². The van der Waals surface area contributed by atoms with Gasteiger partial charge in [0.05, 0.1) is 18.6 Å². The monoisotopic (exact) mass is 383 g/mol. The molecule has 0 spiro atoms. The molecular formula is C21H21NO6. The van der Waals surface area contributed by atoms with Crippen LogP contribution in [0.4, 0.5) is 0 Å². The van der Waals surface area contributed by atoms with Crippen LogP contribution in [-0.2, 0) is 9.53 Å². The van der Waals surface area contributed by atoms with Gasteiger partial charge in [0.15, 0.2) is 5.75 Å². The Hall–Kier alpha value is -3.35. The van der Waals surface area contributed by atoms with Gasteiger partial charge in [-0.2, -0.15) is 0 Å². The number of benzene rings is 1. The number of H-pyrrole nitrogens is 1. The number of fused-ring (bicyclic) bond motifs is 1. The van der Waals surface area contributed by atoms with Crippen LogP contribution < -0.4 is 15.0 Å². The van der Waals surface area contributed by atoms with Crippen molar-refractivity contribution < 1.29 is 23.8 Å². The fourth-order valence-electron chi connectivity index (χ4n) is 3.03. The van der Waals surface area contributed by atoms with E-state index >= 15 is 0 Å². The topological polar surface area (TPSA) is 94.7 Å². The lowest BCUT2D eigenvalue weighted by Gasteiger charge is -2.25. The van der Waals surface area contributed by atoms with Crippen LogP contribution in [0, 0.1) is 0 Å². The third kappa shape index (κ3) is 3.98. The Bertz CT molecular complexity index is 973. The van der Waals surface area contributed by atoms with Crippen molar-refractivity contribution in [3.05, 3.63) is 69.7 Å². The molecule has 2 heterocycles. The maximum Gasteiger partial charge on any atom is 0.343 e. The smallest absolute Gasteiger partial charge is 0.343 e. The average molecular weight is 383 g/mol. The van der Waals surface area contributed by atoms with Crippen LogP contribution >= 0.6 is 0 Å². The second-order valence-corrected chi connectivity index (χ2v) is 6.54. The Morgan fingerprint density at radius 2 is 2.00 bits per heavy atom. The molecular weight excluding hydrogens is 362 g/mol. The van der Waals surface area contributed by atoms with E-state index in [1.54, 1.807) is 31.2 Å². The van der Waals surface area contributed by atoms with Crippen LogP contribution in [0.2, 0.25) is 0 Å². The molecule has 3 rings (SSSR count). The molecule has 1 atom stereocenters. The van der Waals surface area contributed by atoms with Gasteiger partial charge >= 0.3 is 11.9 Å². The molecule has 0 radical (unpaired) electrons. The molecule has 0 aliphatic carbocycles. The first kappa shape index (κ1) is 19.4. The van der Waals surface area contributed by atoms with Gasteiger partial charge in [0.2, 0.25) is 0 Å². The molecule has 0 saturated heterocycles. The van der Waals surface area contributed by atoms with Gasteiger partial charge in [0.25, 0.3) is 5.56 Å². The van der Waals surface area contributed by atoms with Crippen molar-refractivity contribution >= 4 is 11.9 Å². The van der Waals surface area contributed by atoms with Gasteiger partial charge in [-0.3, -0.25) is 9.59 Å². The van der Waals surface area contributed by atoms with Gasteiger partial charge in [-0.15, -0.1) is 0 Å². The molecule has 1 aliphatic heterocycles.